The second-order valence-electron chi connectivity index (χ2n) is 8.07. The number of ether oxygens (including phenoxy) is 1. The van der Waals surface area contributed by atoms with Gasteiger partial charge in [-0.2, -0.15) is 0 Å². The summed E-state index contributed by atoms with van der Waals surface area (Å²) in [5.41, 5.74) is 4.17. The molecule has 1 aliphatic carbocycles. The van der Waals surface area contributed by atoms with Gasteiger partial charge in [-0.3, -0.25) is 4.79 Å². The Morgan fingerprint density at radius 2 is 1.34 bits per heavy atom. The first kappa shape index (κ1) is 16.8. The first-order valence-corrected chi connectivity index (χ1v) is 10.2. The second-order valence-corrected chi connectivity index (χ2v) is 8.07. The maximum atomic E-state index is 13.0. The summed E-state index contributed by atoms with van der Waals surface area (Å²) in [6, 6.07) is 27.0. The van der Waals surface area contributed by atoms with Gasteiger partial charge in [-0.15, -0.1) is 0 Å². The second kappa shape index (κ2) is 5.91. The summed E-state index contributed by atoms with van der Waals surface area (Å²) in [7, 11) is 0. The van der Waals surface area contributed by atoms with Crippen LogP contribution in [0.25, 0.3) is 12.2 Å². The van der Waals surface area contributed by atoms with Gasteiger partial charge < -0.3 is 9.64 Å². The summed E-state index contributed by atoms with van der Waals surface area (Å²) >= 11 is 0. The molecule has 1 amide bonds. The Labute approximate surface area is 170 Å². The summed E-state index contributed by atoms with van der Waals surface area (Å²) in [5, 5.41) is 0. The smallest absolute Gasteiger partial charge is 0.225 e. The molecule has 0 aromatic heterocycles. The summed E-state index contributed by atoms with van der Waals surface area (Å²) in [6.45, 7) is 0.524. The number of nitrogens with zero attached hydrogens (tertiary/aromatic N) is 1. The SMILES string of the molecule is O=C1CCC2(c3ccccc3)OC3(CN12)c1ccccc1C=Cc1ccccc13. The van der Waals surface area contributed by atoms with Crippen molar-refractivity contribution < 1.29 is 9.53 Å². The number of hydrogen-bond donors (Lipinski definition) is 0. The first-order valence-electron chi connectivity index (χ1n) is 10.2. The van der Waals surface area contributed by atoms with Crippen LogP contribution in [0.2, 0.25) is 0 Å². The number of carbonyl (C=O) groups is 1. The summed E-state index contributed by atoms with van der Waals surface area (Å²) in [4.78, 5) is 15.0. The van der Waals surface area contributed by atoms with Gasteiger partial charge in [-0.25, -0.2) is 0 Å². The Bertz CT molecular complexity index is 1100. The molecule has 3 heteroatoms. The van der Waals surface area contributed by atoms with Gasteiger partial charge in [0.1, 0.15) is 5.60 Å². The van der Waals surface area contributed by atoms with Gasteiger partial charge in [0.25, 0.3) is 0 Å². The molecule has 0 saturated carbocycles. The van der Waals surface area contributed by atoms with Gasteiger partial charge in [0, 0.05) is 18.4 Å². The number of carbonyl (C=O) groups excluding carboxylic acids is 1. The third-order valence-corrected chi connectivity index (χ3v) is 6.60. The van der Waals surface area contributed by atoms with Gasteiger partial charge >= 0.3 is 0 Å². The van der Waals surface area contributed by atoms with Crippen molar-refractivity contribution in [1.82, 2.24) is 4.90 Å². The minimum atomic E-state index is -0.719. The van der Waals surface area contributed by atoms with E-state index in [9.17, 15) is 4.79 Å². The third kappa shape index (κ3) is 2.19. The largest absolute Gasteiger partial charge is 0.333 e. The number of hydrogen-bond acceptors (Lipinski definition) is 2. The molecule has 2 aliphatic heterocycles. The van der Waals surface area contributed by atoms with Gasteiger partial charge in [0.05, 0.1) is 6.54 Å². The third-order valence-electron chi connectivity index (χ3n) is 6.60. The van der Waals surface area contributed by atoms with Crippen LogP contribution in [0.4, 0.5) is 0 Å². The van der Waals surface area contributed by atoms with E-state index in [4.69, 9.17) is 4.74 Å². The molecule has 1 unspecified atom stereocenters. The van der Waals surface area contributed by atoms with Crippen LogP contribution in [-0.4, -0.2) is 17.4 Å². The zero-order chi connectivity index (χ0) is 19.5. The molecule has 2 heterocycles. The molecule has 2 saturated heterocycles. The lowest BCUT2D eigenvalue weighted by Gasteiger charge is -2.35. The lowest BCUT2D eigenvalue weighted by molar-refractivity contribution is -0.145. The van der Waals surface area contributed by atoms with Crippen molar-refractivity contribution in [2.24, 2.45) is 0 Å². The highest BCUT2D eigenvalue weighted by atomic mass is 16.6. The summed E-state index contributed by atoms with van der Waals surface area (Å²) in [6.07, 6.45) is 5.52. The van der Waals surface area contributed by atoms with Crippen molar-refractivity contribution in [3.63, 3.8) is 0 Å². The van der Waals surface area contributed by atoms with Crippen LogP contribution in [0.3, 0.4) is 0 Å². The number of amides is 1. The fourth-order valence-electron chi connectivity index (χ4n) is 5.30. The fourth-order valence-corrected chi connectivity index (χ4v) is 5.30. The average Bonchev–Trinajstić information content (AvgIpc) is 3.24. The van der Waals surface area contributed by atoms with Gasteiger partial charge in [0.2, 0.25) is 5.91 Å². The standard InChI is InChI=1S/C26H21NO2/c28-24-16-17-26(21-10-2-1-3-11-21)27(24)18-25(29-26)22-12-6-4-8-19(22)14-15-20-9-5-7-13-23(20)25/h1-15H,16-18H2. The highest BCUT2D eigenvalue weighted by Crippen LogP contribution is 2.56. The van der Waals surface area contributed by atoms with Crippen LogP contribution in [0.1, 0.15) is 40.7 Å². The van der Waals surface area contributed by atoms with Crippen molar-refractivity contribution in [2.75, 3.05) is 6.54 Å². The predicted molar refractivity (Wildman–Crippen MR) is 113 cm³/mol. The average molecular weight is 379 g/mol. The molecule has 3 aromatic rings. The van der Waals surface area contributed by atoms with Crippen LogP contribution < -0.4 is 0 Å². The Morgan fingerprint density at radius 1 is 0.759 bits per heavy atom. The predicted octanol–water partition coefficient (Wildman–Crippen LogP) is 4.92. The molecular weight excluding hydrogens is 358 g/mol. The minimum absolute atomic E-state index is 0.165. The molecular formula is C26H21NO2. The molecule has 3 aromatic carbocycles. The van der Waals surface area contributed by atoms with Gasteiger partial charge in [-0.1, -0.05) is 91.0 Å². The number of fused-ring (bicyclic) bond motifs is 5. The van der Waals surface area contributed by atoms with Gasteiger partial charge in [-0.05, 0) is 22.3 Å². The number of rotatable bonds is 1. The Hall–Kier alpha value is -3.17. The zero-order valence-electron chi connectivity index (χ0n) is 16.0. The highest BCUT2D eigenvalue weighted by Gasteiger charge is 2.62. The van der Waals surface area contributed by atoms with Crippen molar-refractivity contribution >= 4 is 18.1 Å². The Kier molecular flexibility index (Phi) is 3.42. The quantitative estimate of drug-likeness (QED) is 0.601. The molecule has 3 aliphatic rings. The van der Waals surface area contributed by atoms with E-state index >= 15 is 0 Å². The lowest BCUT2D eigenvalue weighted by atomic mass is 9.83. The zero-order valence-corrected chi connectivity index (χ0v) is 16.0. The monoisotopic (exact) mass is 379 g/mol. The molecule has 2 fully saturated rings. The van der Waals surface area contributed by atoms with E-state index in [1.54, 1.807) is 0 Å². The topological polar surface area (TPSA) is 29.5 Å². The van der Waals surface area contributed by atoms with E-state index in [-0.39, 0.29) is 5.91 Å². The van der Waals surface area contributed by atoms with Crippen LogP contribution in [0.15, 0.2) is 78.9 Å². The molecule has 0 radical (unpaired) electrons. The highest BCUT2D eigenvalue weighted by molar-refractivity contribution is 5.82. The number of benzene rings is 3. The van der Waals surface area contributed by atoms with Crippen LogP contribution >= 0.6 is 0 Å². The summed E-state index contributed by atoms with van der Waals surface area (Å²) < 4.78 is 7.16. The van der Waals surface area contributed by atoms with E-state index in [0.717, 1.165) is 27.8 Å². The van der Waals surface area contributed by atoms with E-state index in [0.29, 0.717) is 19.4 Å². The van der Waals surface area contributed by atoms with Crippen molar-refractivity contribution in [2.45, 2.75) is 24.2 Å². The normalized spacial score (nSPS) is 23.6. The molecule has 0 bridgehead atoms. The lowest BCUT2D eigenvalue weighted by Crippen LogP contribution is -2.38. The Balaban J connectivity index is 1.63. The van der Waals surface area contributed by atoms with Crippen LogP contribution in [0.5, 0.6) is 0 Å². The summed E-state index contributed by atoms with van der Waals surface area (Å²) in [5.74, 6) is 0.165. The van der Waals surface area contributed by atoms with Crippen molar-refractivity contribution in [3.8, 4) is 0 Å². The van der Waals surface area contributed by atoms with Gasteiger partial charge in [0.15, 0.2) is 5.72 Å². The van der Waals surface area contributed by atoms with E-state index in [1.165, 1.54) is 0 Å². The first-order chi connectivity index (χ1) is 14.2. The maximum absolute atomic E-state index is 13.0. The molecule has 6 rings (SSSR count). The molecule has 142 valence electrons. The molecule has 3 nitrogen and oxygen atoms in total. The molecule has 0 N–H and O–H groups in total. The molecule has 1 atom stereocenters. The van der Waals surface area contributed by atoms with Crippen molar-refractivity contribution in [1.29, 1.82) is 0 Å². The minimum Gasteiger partial charge on any atom is -0.333 e. The molecule has 29 heavy (non-hydrogen) atoms. The van der Waals surface area contributed by atoms with E-state index < -0.39 is 11.3 Å². The van der Waals surface area contributed by atoms with Crippen LogP contribution in [0, 0.1) is 0 Å². The maximum Gasteiger partial charge on any atom is 0.225 e. The van der Waals surface area contributed by atoms with E-state index in [2.05, 4.69) is 72.8 Å². The van der Waals surface area contributed by atoms with E-state index in [1.807, 2.05) is 23.1 Å². The van der Waals surface area contributed by atoms with Crippen molar-refractivity contribution in [3.05, 3.63) is 107 Å². The Morgan fingerprint density at radius 3 is 2.00 bits per heavy atom. The fraction of sp³-hybridized carbons (Fsp3) is 0.192. The molecule has 1 spiro atoms. The van der Waals surface area contributed by atoms with Crippen LogP contribution in [-0.2, 0) is 20.9 Å².